The first-order valence-corrected chi connectivity index (χ1v) is 1.54. The Morgan fingerprint density at radius 2 is 2.29 bits per heavy atom. The monoisotopic (exact) mass is 155 g/mol. The predicted molar refractivity (Wildman–Crippen MR) is 18.6 cm³/mol. The Hall–Kier alpha value is -0.177. The van der Waals surface area contributed by atoms with Crippen LogP contribution in [-0.4, -0.2) is 11.7 Å². The van der Waals surface area contributed by atoms with Gasteiger partial charge in [0.05, 0.1) is 6.61 Å². The summed E-state index contributed by atoms with van der Waals surface area (Å²) in [7, 11) is 0. The predicted octanol–water partition coefficient (Wildman–Crippen LogP) is 0.212. The summed E-state index contributed by atoms with van der Waals surface area (Å²) in [6, 6.07) is 0. The van der Waals surface area contributed by atoms with E-state index in [1.54, 1.807) is 6.92 Å². The van der Waals surface area contributed by atoms with Crippen LogP contribution < -0.4 is 0 Å². The molecular formula is C2H5NO3Zn. The van der Waals surface area contributed by atoms with Crippen LogP contribution in [0.5, 0.6) is 0 Å². The van der Waals surface area contributed by atoms with E-state index in [0.717, 1.165) is 0 Å². The Labute approximate surface area is 53.7 Å². The average molecular weight is 156 g/mol. The molecule has 0 spiro atoms. The Kier molecular flexibility index (Phi) is 8.27. The van der Waals surface area contributed by atoms with E-state index in [2.05, 4.69) is 4.84 Å². The van der Waals surface area contributed by atoms with E-state index in [1.807, 2.05) is 0 Å². The van der Waals surface area contributed by atoms with E-state index < -0.39 is 5.09 Å². The maximum absolute atomic E-state index is 9.18. The molecule has 0 aliphatic heterocycles. The maximum atomic E-state index is 9.18. The molecule has 0 unspecified atom stereocenters. The van der Waals surface area contributed by atoms with E-state index in [0.29, 0.717) is 0 Å². The molecule has 0 fully saturated rings. The molecule has 0 bridgehead atoms. The van der Waals surface area contributed by atoms with Gasteiger partial charge in [-0.3, -0.25) is 0 Å². The molecule has 0 aromatic heterocycles. The zero-order valence-corrected chi connectivity index (χ0v) is 7.05. The molecule has 0 aliphatic carbocycles. The van der Waals surface area contributed by atoms with Crippen molar-refractivity contribution in [2.45, 2.75) is 6.92 Å². The number of rotatable bonds is 2. The molecule has 38 valence electrons. The summed E-state index contributed by atoms with van der Waals surface area (Å²) < 4.78 is 0. The van der Waals surface area contributed by atoms with Crippen molar-refractivity contribution in [3.63, 3.8) is 0 Å². The minimum atomic E-state index is -0.819. The zero-order valence-electron chi connectivity index (χ0n) is 4.09. The van der Waals surface area contributed by atoms with E-state index in [-0.39, 0.29) is 26.1 Å². The van der Waals surface area contributed by atoms with Crippen molar-refractivity contribution < 1.29 is 29.4 Å². The van der Waals surface area contributed by atoms with Crippen LogP contribution in [-0.2, 0) is 24.3 Å². The van der Waals surface area contributed by atoms with Gasteiger partial charge in [-0.15, -0.1) is 10.1 Å². The summed E-state index contributed by atoms with van der Waals surface area (Å²) in [6.07, 6.45) is 0. The smallest absolute Gasteiger partial charge is 0.294 e. The van der Waals surface area contributed by atoms with Gasteiger partial charge in [0.1, 0.15) is 0 Å². The first-order valence-electron chi connectivity index (χ1n) is 1.54. The van der Waals surface area contributed by atoms with Crippen LogP contribution in [0.15, 0.2) is 0 Å². The Morgan fingerprint density at radius 1 is 1.86 bits per heavy atom. The third kappa shape index (κ3) is 10.7. The zero-order chi connectivity index (χ0) is 4.99. The van der Waals surface area contributed by atoms with Crippen LogP contribution >= 0.6 is 0 Å². The third-order valence-corrected chi connectivity index (χ3v) is 0.235. The number of hydrogen-bond acceptors (Lipinski definition) is 3. The van der Waals surface area contributed by atoms with Crippen molar-refractivity contribution in [2.24, 2.45) is 0 Å². The minimum absolute atomic E-state index is 0. The Morgan fingerprint density at radius 3 is 2.29 bits per heavy atom. The minimum Gasteiger partial charge on any atom is -0.314 e. The molecule has 0 aromatic carbocycles. The SMILES string of the molecule is CCO[N+](=O)[O-].[Zn]. The van der Waals surface area contributed by atoms with Gasteiger partial charge in [-0.1, -0.05) is 0 Å². The molecule has 0 aliphatic rings. The van der Waals surface area contributed by atoms with Crippen molar-refractivity contribution in [3.8, 4) is 0 Å². The Balaban J connectivity index is 0. The number of nitrogens with zero attached hydrogens (tertiary/aromatic N) is 1. The van der Waals surface area contributed by atoms with Gasteiger partial charge in [-0.05, 0) is 6.92 Å². The van der Waals surface area contributed by atoms with Crippen LogP contribution in [0.2, 0.25) is 0 Å². The van der Waals surface area contributed by atoms with Crippen molar-refractivity contribution >= 4 is 0 Å². The van der Waals surface area contributed by atoms with Crippen molar-refractivity contribution in [1.82, 2.24) is 0 Å². The second-order valence-corrected chi connectivity index (χ2v) is 0.641. The van der Waals surface area contributed by atoms with Gasteiger partial charge in [0, 0.05) is 19.5 Å². The molecule has 5 heteroatoms. The van der Waals surface area contributed by atoms with Gasteiger partial charge in [0.2, 0.25) is 0 Å². The van der Waals surface area contributed by atoms with Crippen molar-refractivity contribution in [1.29, 1.82) is 0 Å². The van der Waals surface area contributed by atoms with Gasteiger partial charge in [-0.2, -0.15) is 0 Å². The fourth-order valence-electron chi connectivity index (χ4n) is 0.105. The average Bonchev–Trinajstić information content (AvgIpc) is 1.35. The van der Waals surface area contributed by atoms with E-state index in [1.165, 1.54) is 0 Å². The molecule has 0 atom stereocenters. The second-order valence-electron chi connectivity index (χ2n) is 0.641. The Bertz CT molecular complexity index is 56.9. The molecule has 0 aromatic rings. The third-order valence-electron chi connectivity index (χ3n) is 0.235. The van der Waals surface area contributed by atoms with Crippen LogP contribution in [0.3, 0.4) is 0 Å². The fraction of sp³-hybridized carbons (Fsp3) is 1.00. The normalized spacial score (nSPS) is 6.43. The summed E-state index contributed by atoms with van der Waals surface area (Å²) in [5.41, 5.74) is 0. The molecule has 7 heavy (non-hydrogen) atoms. The maximum Gasteiger partial charge on any atom is 0.294 e. The van der Waals surface area contributed by atoms with Gasteiger partial charge in [0.25, 0.3) is 5.09 Å². The topological polar surface area (TPSA) is 52.4 Å². The molecule has 0 saturated heterocycles. The molecule has 0 heterocycles. The van der Waals surface area contributed by atoms with Gasteiger partial charge in [-0.25, -0.2) is 0 Å². The van der Waals surface area contributed by atoms with Crippen molar-refractivity contribution in [3.05, 3.63) is 10.1 Å². The van der Waals surface area contributed by atoms with Gasteiger partial charge < -0.3 is 4.84 Å². The van der Waals surface area contributed by atoms with Crippen LogP contribution in [0, 0.1) is 10.1 Å². The molecular weight excluding hydrogens is 151 g/mol. The van der Waals surface area contributed by atoms with Crippen molar-refractivity contribution in [2.75, 3.05) is 6.61 Å². The van der Waals surface area contributed by atoms with E-state index in [9.17, 15) is 10.1 Å². The molecule has 0 N–H and O–H groups in total. The standard InChI is InChI=1S/C2H5NO3.Zn/c1-2-6-3(4)5;/h2H2,1H3;. The second kappa shape index (κ2) is 5.82. The first kappa shape index (κ1) is 9.95. The van der Waals surface area contributed by atoms with E-state index >= 15 is 0 Å². The van der Waals surface area contributed by atoms with Crippen LogP contribution in [0.25, 0.3) is 0 Å². The molecule has 4 nitrogen and oxygen atoms in total. The van der Waals surface area contributed by atoms with E-state index in [4.69, 9.17) is 0 Å². The quantitative estimate of drug-likeness (QED) is 0.326. The number of hydrogen-bond donors (Lipinski definition) is 0. The van der Waals surface area contributed by atoms with Crippen LogP contribution in [0.4, 0.5) is 0 Å². The summed E-state index contributed by atoms with van der Waals surface area (Å²) in [4.78, 5) is 12.9. The summed E-state index contributed by atoms with van der Waals surface area (Å²) in [5.74, 6) is 0. The molecule has 0 amide bonds. The summed E-state index contributed by atoms with van der Waals surface area (Å²) >= 11 is 0. The first-order chi connectivity index (χ1) is 2.77. The van der Waals surface area contributed by atoms with Gasteiger partial charge in [0.15, 0.2) is 0 Å². The summed E-state index contributed by atoms with van der Waals surface area (Å²) in [6.45, 7) is 1.69. The van der Waals surface area contributed by atoms with Gasteiger partial charge >= 0.3 is 0 Å². The van der Waals surface area contributed by atoms with Crippen LogP contribution in [0.1, 0.15) is 6.92 Å². The largest absolute Gasteiger partial charge is 0.314 e. The summed E-state index contributed by atoms with van der Waals surface area (Å²) in [5, 5.41) is 8.36. The molecule has 0 rings (SSSR count). The molecule has 0 radical (unpaired) electrons. The fourth-order valence-corrected chi connectivity index (χ4v) is 0.105. The molecule has 0 saturated carbocycles.